The standard InChI is InChI=1S/C79H98N14O14S/c1-49(2)67(86-63(94)18-7-6-10-32-91-64(95)25-26-65(91)96)71(101)93(60(69(80)99)16-12-31-82-73(81)104)54-21-19-51(20-22-54)41-106-75(105)89-34-28-53(29-35-89)88(36-30-66(97)98)37-38-107-79-45-76(4)42-77(5,46-79)44-78(43-76,47-79)48-92-50(3)57(39-83-92)55-23-24-62(85-68(55)72(102)103)90-33-27-52-13-11-14-56(58(52)40-90)70(100)87-74-84-59-15-8-9-17-61(59)108-74/h8-9,11,13-15,17,19-26,39,49,53,60,67H,6-7,10,12,16,18,27-38,40-48H2,1-5H3,(H2,80,99)(H,86,94)(H,97,98)(H,102,103)(H3,81,82,104)(H,84,87,100)/t60-,67-,76?,77?,78?,79?/m0/s1. The van der Waals surface area contributed by atoms with Crippen LogP contribution in [0.4, 0.5) is 26.2 Å². The summed E-state index contributed by atoms with van der Waals surface area (Å²) in [5.74, 6) is -4.88. The minimum atomic E-state index is -1.21. The van der Waals surface area contributed by atoms with Crippen LogP contribution in [-0.4, -0.2) is 180 Å². The van der Waals surface area contributed by atoms with E-state index in [1.165, 1.54) is 28.4 Å². The van der Waals surface area contributed by atoms with Gasteiger partial charge in [0.25, 0.3) is 23.6 Å². The molecule has 5 fully saturated rings. The summed E-state index contributed by atoms with van der Waals surface area (Å²) in [7, 11) is 0. The van der Waals surface area contributed by atoms with Gasteiger partial charge in [-0.3, -0.25) is 58.3 Å². The lowest BCUT2D eigenvalue weighted by Crippen LogP contribution is -2.64. The van der Waals surface area contributed by atoms with Crippen molar-refractivity contribution in [3.8, 4) is 11.1 Å². The average molecular weight is 1500 g/mol. The maximum absolute atomic E-state index is 14.7. The van der Waals surface area contributed by atoms with Gasteiger partial charge in [0, 0.05) is 112 Å². The van der Waals surface area contributed by atoms with E-state index in [0.29, 0.717) is 124 Å². The smallest absolute Gasteiger partial charge is 0.410 e. The number of ether oxygens (including phenoxy) is 2. The van der Waals surface area contributed by atoms with Crippen molar-refractivity contribution in [1.82, 2.24) is 45.1 Å². The molecule has 4 atom stereocenters. The minimum absolute atomic E-state index is 0.0107. The maximum Gasteiger partial charge on any atom is 0.410 e. The molecule has 4 bridgehead atoms. The van der Waals surface area contributed by atoms with Gasteiger partial charge in [-0.1, -0.05) is 81.9 Å². The number of carboxylic acid groups (broad SMARTS) is 2. The first-order valence-corrected chi connectivity index (χ1v) is 38.3. The third-order valence-electron chi connectivity index (χ3n) is 22.5. The van der Waals surface area contributed by atoms with Crippen molar-refractivity contribution in [2.45, 2.75) is 181 Å². The van der Waals surface area contributed by atoms with Crippen molar-refractivity contribution in [1.29, 1.82) is 0 Å². The number of primary amides is 2. The lowest BCUT2D eigenvalue weighted by Gasteiger charge is -2.69. The summed E-state index contributed by atoms with van der Waals surface area (Å²) in [4.78, 5) is 147. The van der Waals surface area contributed by atoms with Gasteiger partial charge in [-0.2, -0.15) is 5.10 Å². The van der Waals surface area contributed by atoms with E-state index in [1.54, 1.807) is 55.3 Å². The average Bonchev–Trinajstić information content (AvgIpc) is 0.785. The first kappa shape index (κ1) is 77.5. The summed E-state index contributed by atoms with van der Waals surface area (Å²) in [6.45, 7) is 13.9. The van der Waals surface area contributed by atoms with Crippen molar-refractivity contribution in [3.63, 3.8) is 0 Å². The number of hydrogen-bond acceptors (Lipinski definition) is 18. The van der Waals surface area contributed by atoms with Crippen LogP contribution in [0.1, 0.15) is 167 Å². The molecule has 28 nitrogen and oxygen atoms in total. The number of benzene rings is 3. The number of carboxylic acids is 2. The number of urea groups is 1. The Bertz CT molecular complexity index is 4380. The predicted molar refractivity (Wildman–Crippen MR) is 404 cm³/mol. The van der Waals surface area contributed by atoms with Gasteiger partial charge in [0.1, 0.15) is 24.5 Å². The number of imide groups is 1. The summed E-state index contributed by atoms with van der Waals surface area (Å²) in [6, 6.07) is 20.6. The van der Waals surface area contributed by atoms with E-state index in [4.69, 9.17) is 31.0 Å². The van der Waals surface area contributed by atoms with Crippen molar-refractivity contribution >= 4 is 97.7 Å². The lowest BCUT2D eigenvalue weighted by molar-refractivity contribution is -0.249. The summed E-state index contributed by atoms with van der Waals surface area (Å²) in [5, 5.41) is 34.6. The second-order valence-electron chi connectivity index (χ2n) is 31.4. The second-order valence-corrected chi connectivity index (χ2v) is 32.4. The Labute approximate surface area is 631 Å². The van der Waals surface area contributed by atoms with Gasteiger partial charge >= 0.3 is 24.1 Å². The molecule has 9 N–H and O–H groups in total. The number of amides is 9. The molecule has 29 heteroatoms. The van der Waals surface area contributed by atoms with Crippen LogP contribution < -0.4 is 37.2 Å². The summed E-state index contributed by atoms with van der Waals surface area (Å²) >= 11 is 1.41. The number of unbranched alkanes of at least 4 members (excludes halogenated alkanes) is 2. The SMILES string of the molecule is Cc1c(-c2ccc(N3CCc4cccc(C(=O)Nc5nc6ccccc6s5)c4C3)nc2C(=O)O)cnn1CC12CC3(C)CC(C)(C1)CC(OCCN(CCC(=O)O)C1CCN(C(=O)OCc4ccc(N(C(=O)[C@@H](NC(=O)CCCCCN5C(=O)C=CC5=O)C(C)C)[C@@H](CCCNC(N)=O)C(N)=O)cc4)CC1)(C3)C2. The lowest BCUT2D eigenvalue weighted by atomic mass is 9.39. The Hall–Kier alpha value is -10.1. The zero-order valence-corrected chi connectivity index (χ0v) is 62.8. The van der Waals surface area contributed by atoms with Crippen LogP contribution in [0.25, 0.3) is 21.3 Å². The number of para-hydroxylation sites is 1. The molecule has 3 aromatic heterocycles. The topological polar surface area (TPSA) is 378 Å². The number of fused-ring (bicyclic) bond motifs is 2. The van der Waals surface area contributed by atoms with Crippen LogP contribution in [-0.2, 0) is 64.4 Å². The fourth-order valence-corrected chi connectivity index (χ4v) is 19.4. The molecule has 3 aromatic carbocycles. The summed E-state index contributed by atoms with van der Waals surface area (Å²) in [5.41, 5.74) is 16.6. The third-order valence-corrected chi connectivity index (χ3v) is 23.4. The number of aromatic nitrogens is 4. The van der Waals surface area contributed by atoms with E-state index in [1.807, 2.05) is 65.0 Å². The molecular formula is C79H98N14O14S. The number of nitrogens with zero attached hydrogens (tertiary/aromatic N) is 9. The van der Waals surface area contributed by atoms with E-state index in [0.717, 1.165) is 70.5 Å². The van der Waals surface area contributed by atoms with E-state index in [9.17, 15) is 58.2 Å². The fourth-order valence-electron chi connectivity index (χ4n) is 18.6. The molecule has 2 unspecified atom stereocenters. The number of pyridine rings is 1. The first-order chi connectivity index (χ1) is 51.6. The Morgan fingerprint density at radius 1 is 0.787 bits per heavy atom. The molecule has 1 saturated heterocycles. The molecule has 4 aliphatic carbocycles. The number of thiazole rings is 1. The Morgan fingerprint density at radius 3 is 2.20 bits per heavy atom. The molecular weight excluding hydrogens is 1400 g/mol. The van der Waals surface area contributed by atoms with Gasteiger partial charge in [-0.05, 0) is 172 Å². The molecule has 108 heavy (non-hydrogen) atoms. The van der Waals surface area contributed by atoms with Crippen LogP contribution in [0.5, 0.6) is 0 Å². The highest BCUT2D eigenvalue weighted by atomic mass is 32.1. The van der Waals surface area contributed by atoms with Crippen LogP contribution in [0.2, 0.25) is 0 Å². The minimum Gasteiger partial charge on any atom is -0.481 e. The van der Waals surface area contributed by atoms with Crippen LogP contribution in [0.3, 0.4) is 0 Å². The number of carbonyl (C=O) groups excluding carboxylic acids is 8. The highest BCUT2D eigenvalue weighted by Gasteiger charge is 2.66. The Balaban J connectivity index is 0.653. The van der Waals surface area contributed by atoms with Gasteiger partial charge in [-0.25, -0.2) is 24.4 Å². The van der Waals surface area contributed by atoms with Gasteiger partial charge in [0.15, 0.2) is 10.8 Å². The number of aromatic carboxylic acids is 1. The third kappa shape index (κ3) is 17.8. The van der Waals surface area contributed by atoms with Crippen LogP contribution in [0, 0.1) is 29.1 Å². The van der Waals surface area contributed by atoms with Gasteiger partial charge in [0.2, 0.25) is 11.8 Å². The van der Waals surface area contributed by atoms with Crippen molar-refractivity contribution in [2.75, 3.05) is 67.5 Å². The quantitative estimate of drug-likeness (QED) is 0.0149. The van der Waals surface area contributed by atoms with Gasteiger partial charge < -0.3 is 51.6 Å². The molecule has 13 rings (SSSR count). The number of anilines is 3. The molecule has 6 heterocycles. The van der Waals surface area contributed by atoms with Crippen molar-refractivity contribution in [3.05, 3.63) is 131 Å². The molecule has 7 aliphatic rings. The summed E-state index contributed by atoms with van der Waals surface area (Å²) < 4.78 is 16.1. The largest absolute Gasteiger partial charge is 0.481 e. The molecule has 3 aliphatic heterocycles. The molecule has 574 valence electrons. The van der Waals surface area contributed by atoms with E-state index < -0.39 is 65.4 Å². The number of carbonyl (C=O) groups is 10. The number of hydrogen-bond donors (Lipinski definition) is 7. The highest BCUT2D eigenvalue weighted by molar-refractivity contribution is 7.22. The monoisotopic (exact) mass is 1500 g/mol. The van der Waals surface area contributed by atoms with E-state index in [2.05, 4.69) is 39.7 Å². The van der Waals surface area contributed by atoms with E-state index in [-0.39, 0.29) is 96.8 Å². The molecule has 9 amide bonds. The molecule has 4 saturated carbocycles. The zero-order chi connectivity index (χ0) is 76.8. The van der Waals surface area contributed by atoms with E-state index >= 15 is 0 Å². The second kappa shape index (κ2) is 32.8. The van der Waals surface area contributed by atoms with Crippen molar-refractivity contribution < 1.29 is 67.6 Å². The Morgan fingerprint density at radius 2 is 1.52 bits per heavy atom. The number of aliphatic carboxylic acids is 1. The zero-order valence-electron chi connectivity index (χ0n) is 62.0. The number of piperidine rings is 1. The number of likely N-dealkylation sites (tertiary alicyclic amines) is 1. The molecule has 6 aromatic rings. The highest BCUT2D eigenvalue weighted by Crippen LogP contribution is 2.72. The van der Waals surface area contributed by atoms with Crippen LogP contribution >= 0.6 is 11.3 Å². The molecule has 0 radical (unpaired) electrons. The van der Waals surface area contributed by atoms with Gasteiger partial charge in [-0.15, -0.1) is 0 Å². The summed E-state index contributed by atoms with van der Waals surface area (Å²) in [6.07, 6.45) is 12.8. The Kier molecular flexibility index (Phi) is 23.5. The van der Waals surface area contributed by atoms with Gasteiger partial charge in [0.05, 0.1) is 35.0 Å². The maximum atomic E-state index is 14.7. The fraction of sp³-hybridized carbons (Fsp3) is 0.506. The van der Waals surface area contributed by atoms with Crippen molar-refractivity contribution in [2.24, 2.45) is 33.6 Å². The number of rotatable bonds is 33. The van der Waals surface area contributed by atoms with Crippen LogP contribution in [0.15, 0.2) is 97.2 Å². The molecule has 0 spiro atoms. The number of nitrogens with two attached hydrogens (primary N) is 2. The predicted octanol–water partition coefficient (Wildman–Crippen LogP) is 9.35. The normalized spacial score (nSPS) is 21.5. The number of nitrogens with one attached hydrogen (secondary N) is 3. The first-order valence-electron chi connectivity index (χ1n) is 37.5.